The van der Waals surface area contributed by atoms with Crippen LogP contribution in [0.3, 0.4) is 0 Å². The second-order valence-electron chi connectivity index (χ2n) is 5.57. The Hall–Kier alpha value is -1.92. The van der Waals surface area contributed by atoms with Crippen molar-refractivity contribution < 1.29 is 0 Å². The smallest absolute Gasteiger partial charge is 0.213 e. The highest BCUT2D eigenvalue weighted by Crippen LogP contribution is 2.26. The lowest BCUT2D eigenvalue weighted by Crippen LogP contribution is -2.30. The molecule has 1 fully saturated rings. The maximum atomic E-state index is 6.13. The fraction of sp³-hybridized carbons (Fsp3) is 0.400. The molecule has 3 heterocycles. The van der Waals surface area contributed by atoms with Crippen LogP contribution in [0.1, 0.15) is 12.2 Å². The van der Waals surface area contributed by atoms with Gasteiger partial charge in [-0.05, 0) is 38.1 Å². The van der Waals surface area contributed by atoms with E-state index in [0.717, 1.165) is 60.9 Å². The highest BCUT2D eigenvalue weighted by Gasteiger charge is 2.19. The first kappa shape index (κ1) is 13.7. The number of halogens is 1. The lowest BCUT2D eigenvalue weighted by molar-refractivity contribution is 0.724. The van der Waals surface area contributed by atoms with Crippen molar-refractivity contribution in [1.82, 2.24) is 24.9 Å². The van der Waals surface area contributed by atoms with Crippen molar-refractivity contribution in [3.8, 4) is 0 Å². The second kappa shape index (κ2) is 5.37. The molecule has 1 aliphatic rings. The summed E-state index contributed by atoms with van der Waals surface area (Å²) in [5.74, 6) is 1.75. The third-order valence-electron chi connectivity index (χ3n) is 4.07. The van der Waals surface area contributed by atoms with E-state index in [1.165, 1.54) is 0 Å². The largest absolute Gasteiger partial charge is 0.341 e. The average molecular weight is 317 g/mol. The zero-order chi connectivity index (χ0) is 15.1. The van der Waals surface area contributed by atoms with E-state index >= 15 is 0 Å². The maximum absolute atomic E-state index is 6.13. The van der Waals surface area contributed by atoms with Gasteiger partial charge in [0.15, 0.2) is 5.65 Å². The minimum absolute atomic E-state index is 0.684. The molecule has 0 spiro atoms. The summed E-state index contributed by atoms with van der Waals surface area (Å²) in [5, 5.41) is 13.7. The van der Waals surface area contributed by atoms with Gasteiger partial charge in [-0.2, -0.15) is 0 Å². The standard InChI is InChI=1S/C15H17ClN6/c1-10-19-20-14-12-4-3-11(16)9-13(12)18-15(22(10)14)21-7-2-5-17-6-8-21/h3-4,9,17H,2,5-8H2,1H3. The Balaban J connectivity index is 1.99. The predicted octanol–water partition coefficient (Wildman–Crippen LogP) is 2.04. The van der Waals surface area contributed by atoms with Crippen molar-refractivity contribution >= 4 is 34.1 Å². The molecule has 0 bridgehead atoms. The normalized spacial score (nSPS) is 16.4. The number of hydrogen-bond acceptors (Lipinski definition) is 5. The molecule has 2 aromatic heterocycles. The highest BCUT2D eigenvalue weighted by atomic mass is 35.5. The molecule has 0 aliphatic carbocycles. The molecule has 0 unspecified atom stereocenters. The summed E-state index contributed by atoms with van der Waals surface area (Å²) < 4.78 is 2.04. The van der Waals surface area contributed by atoms with Crippen molar-refractivity contribution in [3.63, 3.8) is 0 Å². The molecule has 0 amide bonds. The molecule has 1 aromatic carbocycles. The van der Waals surface area contributed by atoms with Crippen LogP contribution in [0, 0.1) is 6.92 Å². The number of fused-ring (bicyclic) bond motifs is 3. The summed E-state index contributed by atoms with van der Waals surface area (Å²) in [6.07, 6.45) is 1.10. The minimum Gasteiger partial charge on any atom is -0.341 e. The van der Waals surface area contributed by atoms with E-state index in [9.17, 15) is 0 Å². The quantitative estimate of drug-likeness (QED) is 0.744. The summed E-state index contributed by atoms with van der Waals surface area (Å²) >= 11 is 6.13. The van der Waals surface area contributed by atoms with E-state index < -0.39 is 0 Å². The van der Waals surface area contributed by atoms with Gasteiger partial charge in [0.05, 0.1) is 5.52 Å². The van der Waals surface area contributed by atoms with E-state index in [0.29, 0.717) is 5.02 Å². The summed E-state index contributed by atoms with van der Waals surface area (Å²) in [6, 6.07) is 5.72. The average Bonchev–Trinajstić information content (AvgIpc) is 2.74. The van der Waals surface area contributed by atoms with Crippen LogP contribution < -0.4 is 10.2 Å². The first-order valence-corrected chi connectivity index (χ1v) is 7.88. The van der Waals surface area contributed by atoms with E-state index in [2.05, 4.69) is 20.4 Å². The first-order valence-electron chi connectivity index (χ1n) is 7.51. The molecular formula is C15H17ClN6. The van der Waals surface area contributed by atoms with Gasteiger partial charge in [-0.25, -0.2) is 9.38 Å². The van der Waals surface area contributed by atoms with E-state index in [-0.39, 0.29) is 0 Å². The van der Waals surface area contributed by atoms with Gasteiger partial charge in [-0.15, -0.1) is 10.2 Å². The van der Waals surface area contributed by atoms with Gasteiger partial charge >= 0.3 is 0 Å². The summed E-state index contributed by atoms with van der Waals surface area (Å²) in [7, 11) is 0. The Labute approximate surface area is 133 Å². The number of hydrogen-bond donors (Lipinski definition) is 1. The second-order valence-corrected chi connectivity index (χ2v) is 6.01. The Morgan fingerprint density at radius 3 is 3.00 bits per heavy atom. The van der Waals surface area contributed by atoms with Crippen LogP contribution in [-0.2, 0) is 0 Å². The van der Waals surface area contributed by atoms with Gasteiger partial charge in [0.2, 0.25) is 5.95 Å². The van der Waals surface area contributed by atoms with Crippen molar-refractivity contribution in [1.29, 1.82) is 0 Å². The summed E-state index contributed by atoms with van der Waals surface area (Å²) in [4.78, 5) is 7.15. The van der Waals surface area contributed by atoms with Gasteiger partial charge in [-0.3, -0.25) is 0 Å². The molecule has 7 heteroatoms. The molecule has 1 N–H and O–H groups in total. The van der Waals surface area contributed by atoms with E-state index in [1.54, 1.807) is 0 Å². The van der Waals surface area contributed by atoms with Crippen LogP contribution >= 0.6 is 11.6 Å². The minimum atomic E-state index is 0.684. The van der Waals surface area contributed by atoms with E-state index in [1.807, 2.05) is 29.5 Å². The van der Waals surface area contributed by atoms with Crippen LogP contribution in [0.25, 0.3) is 16.6 Å². The molecule has 1 aliphatic heterocycles. The highest BCUT2D eigenvalue weighted by molar-refractivity contribution is 6.31. The predicted molar refractivity (Wildman–Crippen MR) is 87.7 cm³/mol. The van der Waals surface area contributed by atoms with Crippen molar-refractivity contribution in [2.75, 3.05) is 31.1 Å². The zero-order valence-electron chi connectivity index (χ0n) is 12.4. The maximum Gasteiger partial charge on any atom is 0.213 e. The van der Waals surface area contributed by atoms with Crippen LogP contribution in [0.5, 0.6) is 0 Å². The van der Waals surface area contributed by atoms with Gasteiger partial charge in [0, 0.05) is 30.0 Å². The third-order valence-corrected chi connectivity index (χ3v) is 4.30. The Kier molecular flexibility index (Phi) is 3.35. The van der Waals surface area contributed by atoms with Crippen molar-refractivity contribution in [2.24, 2.45) is 0 Å². The number of benzene rings is 1. The van der Waals surface area contributed by atoms with Gasteiger partial charge in [-0.1, -0.05) is 11.6 Å². The fourth-order valence-electron chi connectivity index (χ4n) is 2.98. The lowest BCUT2D eigenvalue weighted by Gasteiger charge is -2.22. The monoisotopic (exact) mass is 316 g/mol. The Bertz CT molecular complexity index is 835. The summed E-state index contributed by atoms with van der Waals surface area (Å²) in [5.41, 5.74) is 1.70. The molecule has 114 valence electrons. The molecule has 0 atom stereocenters. The molecular weight excluding hydrogens is 300 g/mol. The number of anilines is 1. The molecule has 3 aromatic rings. The molecule has 0 radical (unpaired) electrons. The van der Waals surface area contributed by atoms with Crippen LogP contribution in [-0.4, -0.2) is 45.8 Å². The van der Waals surface area contributed by atoms with Gasteiger partial charge in [0.1, 0.15) is 5.82 Å². The SMILES string of the molecule is Cc1nnc2c3ccc(Cl)cc3nc(N3CCCNCC3)n12. The topological polar surface area (TPSA) is 58.4 Å². The molecule has 22 heavy (non-hydrogen) atoms. The number of nitrogens with one attached hydrogen (secondary N) is 1. The number of aryl methyl sites for hydroxylation is 1. The van der Waals surface area contributed by atoms with Crippen molar-refractivity contribution in [2.45, 2.75) is 13.3 Å². The molecule has 6 nitrogen and oxygen atoms in total. The first-order chi connectivity index (χ1) is 10.7. The third kappa shape index (κ3) is 2.19. The molecule has 4 rings (SSSR count). The molecule has 1 saturated heterocycles. The van der Waals surface area contributed by atoms with Crippen LogP contribution in [0.2, 0.25) is 5.02 Å². The lowest BCUT2D eigenvalue weighted by atomic mass is 10.2. The van der Waals surface area contributed by atoms with Gasteiger partial charge in [0.25, 0.3) is 0 Å². The van der Waals surface area contributed by atoms with Crippen LogP contribution in [0.15, 0.2) is 18.2 Å². The summed E-state index contributed by atoms with van der Waals surface area (Å²) in [6.45, 7) is 5.85. The van der Waals surface area contributed by atoms with Crippen molar-refractivity contribution in [3.05, 3.63) is 29.0 Å². The number of rotatable bonds is 1. The fourth-order valence-corrected chi connectivity index (χ4v) is 3.14. The van der Waals surface area contributed by atoms with E-state index in [4.69, 9.17) is 16.6 Å². The zero-order valence-corrected chi connectivity index (χ0v) is 13.1. The Morgan fingerprint density at radius 1 is 1.18 bits per heavy atom. The molecule has 0 saturated carbocycles. The number of nitrogens with zero attached hydrogens (tertiary/aromatic N) is 5. The number of aromatic nitrogens is 4. The van der Waals surface area contributed by atoms with Gasteiger partial charge < -0.3 is 10.2 Å². The Morgan fingerprint density at radius 2 is 2.09 bits per heavy atom. The van der Waals surface area contributed by atoms with Crippen LogP contribution in [0.4, 0.5) is 5.95 Å².